The second kappa shape index (κ2) is 10.5. The summed E-state index contributed by atoms with van der Waals surface area (Å²) in [7, 11) is 0. The molecule has 0 spiro atoms. The number of rotatable bonds is 10. The Morgan fingerprint density at radius 3 is 2.21 bits per heavy atom. The quantitative estimate of drug-likeness (QED) is 0.344. The minimum absolute atomic E-state index is 0.334. The number of carbonyl (C=O) groups excluding carboxylic acids is 1. The Morgan fingerprint density at radius 2 is 1.59 bits per heavy atom. The zero-order valence-electron chi connectivity index (χ0n) is 16.9. The molecule has 0 N–H and O–H groups in total. The van der Waals surface area contributed by atoms with Crippen molar-refractivity contribution in [2.75, 3.05) is 6.61 Å². The van der Waals surface area contributed by atoms with Crippen molar-refractivity contribution in [3.8, 4) is 0 Å². The molecule has 5 heteroatoms. The molecule has 1 saturated heterocycles. The number of ether oxygens (including phenoxy) is 4. The molecule has 2 aromatic rings. The topological polar surface area (TPSA) is 54.0 Å². The van der Waals surface area contributed by atoms with Gasteiger partial charge in [0, 0.05) is 0 Å². The van der Waals surface area contributed by atoms with Gasteiger partial charge in [-0.3, -0.25) is 0 Å². The Morgan fingerprint density at radius 1 is 0.966 bits per heavy atom. The average Bonchev–Trinajstić information content (AvgIpc) is 3.04. The van der Waals surface area contributed by atoms with Crippen molar-refractivity contribution in [2.24, 2.45) is 0 Å². The number of carbonyl (C=O) groups is 1. The second-order valence-corrected chi connectivity index (χ2v) is 7.39. The summed E-state index contributed by atoms with van der Waals surface area (Å²) < 4.78 is 23.4. The summed E-state index contributed by atoms with van der Waals surface area (Å²) in [6.45, 7) is 4.98. The third kappa shape index (κ3) is 6.61. The van der Waals surface area contributed by atoms with Crippen LogP contribution in [0.1, 0.15) is 25.0 Å². The Bertz CT molecular complexity index is 772. The summed E-state index contributed by atoms with van der Waals surface area (Å²) in [5.74, 6) is -0.790. The van der Waals surface area contributed by atoms with E-state index in [1.807, 2.05) is 86.7 Å². The van der Waals surface area contributed by atoms with Crippen molar-refractivity contribution < 1.29 is 23.7 Å². The van der Waals surface area contributed by atoms with Gasteiger partial charge in [0.15, 0.2) is 12.1 Å². The molecule has 1 aliphatic heterocycles. The summed E-state index contributed by atoms with van der Waals surface area (Å²) in [6, 6.07) is 19.7. The fourth-order valence-electron chi connectivity index (χ4n) is 3.21. The van der Waals surface area contributed by atoms with Crippen molar-refractivity contribution in [2.45, 2.75) is 51.2 Å². The number of hydrogen-bond acceptors (Lipinski definition) is 5. The average molecular weight is 396 g/mol. The van der Waals surface area contributed by atoms with Gasteiger partial charge >= 0.3 is 0 Å². The molecule has 0 amide bonds. The zero-order valence-corrected chi connectivity index (χ0v) is 16.9. The SMILES string of the molecule is CC1(C)O[C@@H](/C=C/COCc2ccccc2)[C@@H](C(C=O)OCc2ccccc2)O1. The highest BCUT2D eigenvalue weighted by Crippen LogP contribution is 2.31. The Labute approximate surface area is 172 Å². The van der Waals surface area contributed by atoms with E-state index in [-0.39, 0.29) is 0 Å². The Balaban J connectivity index is 1.54. The molecule has 1 heterocycles. The molecule has 5 nitrogen and oxygen atoms in total. The lowest BCUT2D eigenvalue weighted by Crippen LogP contribution is -2.37. The first-order chi connectivity index (χ1) is 14.1. The molecule has 2 aromatic carbocycles. The van der Waals surface area contributed by atoms with Crippen LogP contribution in [0.25, 0.3) is 0 Å². The van der Waals surface area contributed by atoms with Crippen LogP contribution in [-0.2, 0) is 37.0 Å². The zero-order chi connectivity index (χ0) is 20.5. The first kappa shape index (κ1) is 21.4. The maximum atomic E-state index is 11.7. The van der Waals surface area contributed by atoms with Gasteiger partial charge < -0.3 is 23.7 Å². The maximum Gasteiger partial charge on any atom is 0.164 e. The molecule has 1 aliphatic rings. The van der Waals surface area contributed by atoms with E-state index in [9.17, 15) is 4.79 Å². The maximum absolute atomic E-state index is 11.7. The van der Waals surface area contributed by atoms with Crippen LogP contribution >= 0.6 is 0 Å². The monoisotopic (exact) mass is 396 g/mol. The Kier molecular flexibility index (Phi) is 7.72. The molecular weight excluding hydrogens is 368 g/mol. The van der Waals surface area contributed by atoms with E-state index in [1.165, 1.54) is 0 Å². The highest BCUT2D eigenvalue weighted by atomic mass is 16.8. The van der Waals surface area contributed by atoms with Crippen molar-refractivity contribution in [1.29, 1.82) is 0 Å². The molecule has 1 unspecified atom stereocenters. The molecule has 0 radical (unpaired) electrons. The van der Waals surface area contributed by atoms with Gasteiger partial charge in [-0.1, -0.05) is 72.8 Å². The third-order valence-electron chi connectivity index (χ3n) is 4.56. The minimum atomic E-state index is -0.790. The summed E-state index contributed by atoms with van der Waals surface area (Å²) in [6.07, 6.45) is 2.92. The number of benzene rings is 2. The van der Waals surface area contributed by atoms with Gasteiger partial charge in [-0.15, -0.1) is 0 Å². The molecule has 3 atom stereocenters. The molecule has 3 rings (SSSR count). The molecule has 0 bridgehead atoms. The summed E-state index contributed by atoms with van der Waals surface area (Å²) in [4.78, 5) is 11.7. The standard InChI is InChI=1S/C24H28O5/c1-24(2)28-21(14-9-15-26-17-19-10-5-3-6-11-19)23(29-24)22(16-25)27-18-20-12-7-4-8-13-20/h3-14,16,21-23H,15,17-18H2,1-2H3/b14-9+/t21-,22?,23-/m0/s1. The first-order valence-electron chi connectivity index (χ1n) is 9.82. The highest BCUT2D eigenvalue weighted by Gasteiger charge is 2.44. The van der Waals surface area contributed by atoms with Crippen LogP contribution in [0, 0.1) is 0 Å². The van der Waals surface area contributed by atoms with Gasteiger partial charge in [0.25, 0.3) is 0 Å². The summed E-state index contributed by atoms with van der Waals surface area (Å²) in [5, 5.41) is 0. The smallest absolute Gasteiger partial charge is 0.164 e. The Hall–Kier alpha value is -2.31. The van der Waals surface area contributed by atoms with Crippen LogP contribution in [-0.4, -0.2) is 37.0 Å². The first-order valence-corrected chi connectivity index (χ1v) is 9.82. The van der Waals surface area contributed by atoms with Crippen LogP contribution < -0.4 is 0 Å². The molecule has 0 saturated carbocycles. The van der Waals surface area contributed by atoms with E-state index in [0.29, 0.717) is 19.8 Å². The number of hydrogen-bond donors (Lipinski definition) is 0. The van der Waals surface area contributed by atoms with Gasteiger partial charge in [-0.05, 0) is 25.0 Å². The normalized spacial score (nSPS) is 22.0. The lowest BCUT2D eigenvalue weighted by atomic mass is 10.1. The van der Waals surface area contributed by atoms with E-state index in [4.69, 9.17) is 18.9 Å². The highest BCUT2D eigenvalue weighted by molar-refractivity contribution is 5.57. The van der Waals surface area contributed by atoms with Gasteiger partial charge in [0.2, 0.25) is 0 Å². The molecule has 29 heavy (non-hydrogen) atoms. The van der Waals surface area contributed by atoms with Gasteiger partial charge in [-0.25, -0.2) is 0 Å². The van der Waals surface area contributed by atoms with E-state index in [2.05, 4.69) is 0 Å². The van der Waals surface area contributed by atoms with Crippen LogP contribution in [0.15, 0.2) is 72.8 Å². The fraction of sp³-hybridized carbons (Fsp3) is 0.375. The molecule has 154 valence electrons. The molecule has 0 aromatic heterocycles. The summed E-state index contributed by atoms with van der Waals surface area (Å²) in [5.41, 5.74) is 2.12. The molecular formula is C24H28O5. The van der Waals surface area contributed by atoms with Crippen LogP contribution in [0.2, 0.25) is 0 Å². The van der Waals surface area contributed by atoms with Gasteiger partial charge in [-0.2, -0.15) is 0 Å². The van der Waals surface area contributed by atoms with Gasteiger partial charge in [0.1, 0.15) is 18.3 Å². The lowest BCUT2D eigenvalue weighted by molar-refractivity contribution is -0.161. The third-order valence-corrected chi connectivity index (χ3v) is 4.56. The predicted molar refractivity (Wildman–Crippen MR) is 110 cm³/mol. The largest absolute Gasteiger partial charge is 0.373 e. The van der Waals surface area contributed by atoms with Crippen LogP contribution in [0.5, 0.6) is 0 Å². The lowest BCUT2D eigenvalue weighted by Gasteiger charge is -2.21. The fourth-order valence-corrected chi connectivity index (χ4v) is 3.21. The summed E-state index contributed by atoms with van der Waals surface area (Å²) >= 11 is 0. The number of aldehydes is 1. The van der Waals surface area contributed by atoms with E-state index >= 15 is 0 Å². The second-order valence-electron chi connectivity index (χ2n) is 7.39. The van der Waals surface area contributed by atoms with Crippen molar-refractivity contribution in [3.63, 3.8) is 0 Å². The van der Waals surface area contributed by atoms with Gasteiger partial charge in [0.05, 0.1) is 19.8 Å². The molecule has 0 aliphatic carbocycles. The van der Waals surface area contributed by atoms with Crippen LogP contribution in [0.4, 0.5) is 0 Å². The van der Waals surface area contributed by atoms with Crippen molar-refractivity contribution in [3.05, 3.63) is 83.9 Å². The minimum Gasteiger partial charge on any atom is -0.373 e. The molecule has 1 fully saturated rings. The van der Waals surface area contributed by atoms with E-state index < -0.39 is 24.1 Å². The van der Waals surface area contributed by atoms with Crippen LogP contribution in [0.3, 0.4) is 0 Å². The van der Waals surface area contributed by atoms with Crippen molar-refractivity contribution >= 4 is 6.29 Å². The van der Waals surface area contributed by atoms with Crippen molar-refractivity contribution in [1.82, 2.24) is 0 Å². The van der Waals surface area contributed by atoms with E-state index in [1.54, 1.807) is 0 Å². The predicted octanol–water partition coefficient (Wildman–Crippen LogP) is 4.06. The van der Waals surface area contributed by atoms with E-state index in [0.717, 1.165) is 17.4 Å².